The number of anilines is 1. The Morgan fingerprint density at radius 2 is 1.82 bits per heavy atom. The fourth-order valence-corrected chi connectivity index (χ4v) is 2.21. The molecule has 0 unspecified atom stereocenters. The normalized spacial score (nSPS) is 10.3. The molecule has 0 saturated heterocycles. The van der Waals surface area contributed by atoms with Crippen molar-refractivity contribution in [1.82, 2.24) is 0 Å². The van der Waals surface area contributed by atoms with Crippen molar-refractivity contribution >= 4 is 39.9 Å². The first-order valence-electron chi connectivity index (χ1n) is 5.05. The first-order valence-corrected chi connectivity index (χ1v) is 6.51. The van der Waals surface area contributed by atoms with Gasteiger partial charge in [0, 0.05) is 3.57 Å². The number of aryl methyl sites for hydroxylation is 1. The Bertz CT molecular complexity index is 508. The highest BCUT2D eigenvalue weighted by molar-refractivity contribution is 14.1. The predicted octanol–water partition coefficient (Wildman–Crippen LogP) is 4.63. The molecule has 2 rings (SSSR count). The molecule has 0 bridgehead atoms. The van der Waals surface area contributed by atoms with Crippen LogP contribution in [0.5, 0.6) is 11.5 Å². The van der Waals surface area contributed by atoms with E-state index in [2.05, 4.69) is 22.6 Å². The molecule has 88 valence electrons. The Balaban J connectivity index is 2.31. The molecular weight excluding hydrogens is 349 g/mol. The Morgan fingerprint density at radius 3 is 2.47 bits per heavy atom. The van der Waals surface area contributed by atoms with Crippen LogP contribution in [0.2, 0.25) is 5.02 Å². The topological polar surface area (TPSA) is 35.2 Å². The first kappa shape index (κ1) is 12.5. The van der Waals surface area contributed by atoms with Gasteiger partial charge in [-0.1, -0.05) is 17.7 Å². The zero-order valence-electron chi connectivity index (χ0n) is 9.21. The van der Waals surface area contributed by atoms with Gasteiger partial charge in [0.15, 0.2) is 0 Å². The summed E-state index contributed by atoms with van der Waals surface area (Å²) >= 11 is 8.30. The van der Waals surface area contributed by atoms with Crippen LogP contribution in [-0.4, -0.2) is 0 Å². The fourth-order valence-electron chi connectivity index (χ4n) is 1.42. The third-order valence-corrected chi connectivity index (χ3v) is 3.25. The maximum Gasteiger partial charge on any atom is 0.150 e. The highest BCUT2D eigenvalue weighted by Gasteiger charge is 2.06. The van der Waals surface area contributed by atoms with Crippen molar-refractivity contribution in [3.05, 3.63) is 50.6 Å². The minimum atomic E-state index is 0.586. The smallest absolute Gasteiger partial charge is 0.150 e. The number of halogens is 2. The van der Waals surface area contributed by atoms with Gasteiger partial charge in [0.1, 0.15) is 11.5 Å². The van der Waals surface area contributed by atoms with Gasteiger partial charge in [0.2, 0.25) is 0 Å². The van der Waals surface area contributed by atoms with E-state index >= 15 is 0 Å². The molecule has 2 aromatic rings. The molecule has 0 aromatic heterocycles. The summed E-state index contributed by atoms with van der Waals surface area (Å²) in [5.74, 6) is 1.24. The Hall–Kier alpha value is -0.940. The standard InChI is InChI=1S/C13H11ClINO/c1-8-2-4-12(10(14)6-8)17-13-5-3-9(15)7-11(13)16/h2-7H,16H2,1H3. The number of nitrogen functional groups attached to an aromatic ring is 1. The highest BCUT2D eigenvalue weighted by atomic mass is 127. The Kier molecular flexibility index (Phi) is 3.79. The maximum absolute atomic E-state index is 6.10. The summed E-state index contributed by atoms with van der Waals surface area (Å²) in [6.45, 7) is 1.98. The van der Waals surface area contributed by atoms with Crippen molar-refractivity contribution in [1.29, 1.82) is 0 Å². The summed E-state index contributed by atoms with van der Waals surface area (Å²) in [6, 6.07) is 11.3. The summed E-state index contributed by atoms with van der Waals surface area (Å²) < 4.78 is 6.76. The summed E-state index contributed by atoms with van der Waals surface area (Å²) in [6.07, 6.45) is 0. The van der Waals surface area contributed by atoms with Crippen LogP contribution in [-0.2, 0) is 0 Å². The summed E-state index contributed by atoms with van der Waals surface area (Å²) in [5.41, 5.74) is 7.58. The molecular formula is C13H11ClINO. The maximum atomic E-state index is 6.10. The van der Waals surface area contributed by atoms with Crippen LogP contribution in [0.15, 0.2) is 36.4 Å². The van der Waals surface area contributed by atoms with Crippen molar-refractivity contribution < 1.29 is 4.74 Å². The van der Waals surface area contributed by atoms with Crippen LogP contribution in [0.4, 0.5) is 5.69 Å². The first-order chi connectivity index (χ1) is 8.06. The summed E-state index contributed by atoms with van der Waals surface area (Å²) in [4.78, 5) is 0. The predicted molar refractivity (Wildman–Crippen MR) is 79.8 cm³/mol. The van der Waals surface area contributed by atoms with E-state index < -0.39 is 0 Å². The molecule has 0 spiro atoms. The van der Waals surface area contributed by atoms with Gasteiger partial charge in [-0.15, -0.1) is 0 Å². The lowest BCUT2D eigenvalue weighted by Gasteiger charge is -2.10. The number of ether oxygens (including phenoxy) is 1. The molecule has 0 aliphatic carbocycles. The highest BCUT2D eigenvalue weighted by Crippen LogP contribution is 2.33. The van der Waals surface area contributed by atoms with Crippen LogP contribution in [0.3, 0.4) is 0 Å². The fraction of sp³-hybridized carbons (Fsp3) is 0.0769. The van der Waals surface area contributed by atoms with Crippen molar-refractivity contribution in [3.63, 3.8) is 0 Å². The second-order valence-electron chi connectivity index (χ2n) is 3.72. The monoisotopic (exact) mass is 359 g/mol. The van der Waals surface area contributed by atoms with Gasteiger partial charge in [0.05, 0.1) is 10.7 Å². The average Bonchev–Trinajstić information content (AvgIpc) is 2.25. The Morgan fingerprint density at radius 1 is 1.12 bits per heavy atom. The average molecular weight is 360 g/mol. The van der Waals surface area contributed by atoms with Crippen LogP contribution < -0.4 is 10.5 Å². The molecule has 0 aliphatic rings. The van der Waals surface area contributed by atoms with E-state index in [0.717, 1.165) is 9.13 Å². The molecule has 0 radical (unpaired) electrons. The van der Waals surface area contributed by atoms with Gasteiger partial charge in [-0.3, -0.25) is 0 Å². The molecule has 2 aromatic carbocycles. The number of hydrogen-bond donors (Lipinski definition) is 1. The van der Waals surface area contributed by atoms with E-state index in [0.29, 0.717) is 22.2 Å². The molecule has 17 heavy (non-hydrogen) atoms. The van der Waals surface area contributed by atoms with Gasteiger partial charge in [-0.05, 0) is 65.4 Å². The molecule has 0 amide bonds. The molecule has 0 aliphatic heterocycles. The van der Waals surface area contributed by atoms with Gasteiger partial charge in [-0.2, -0.15) is 0 Å². The second kappa shape index (κ2) is 5.14. The molecule has 0 atom stereocenters. The van der Waals surface area contributed by atoms with Crippen molar-refractivity contribution in [2.75, 3.05) is 5.73 Å². The van der Waals surface area contributed by atoms with Crippen molar-refractivity contribution in [2.45, 2.75) is 6.92 Å². The number of nitrogens with two attached hydrogens (primary N) is 1. The molecule has 4 heteroatoms. The van der Waals surface area contributed by atoms with Gasteiger partial charge in [-0.25, -0.2) is 0 Å². The lowest BCUT2D eigenvalue weighted by Crippen LogP contribution is -1.93. The molecule has 2 N–H and O–H groups in total. The van der Waals surface area contributed by atoms with E-state index in [-0.39, 0.29) is 0 Å². The lowest BCUT2D eigenvalue weighted by molar-refractivity contribution is 0.485. The largest absolute Gasteiger partial charge is 0.454 e. The SMILES string of the molecule is Cc1ccc(Oc2ccc(I)cc2N)c(Cl)c1. The third kappa shape index (κ3) is 3.04. The lowest BCUT2D eigenvalue weighted by atomic mass is 10.2. The minimum absolute atomic E-state index is 0.586. The van der Waals surface area contributed by atoms with E-state index in [4.69, 9.17) is 22.1 Å². The summed E-state index contributed by atoms with van der Waals surface area (Å²) in [5, 5.41) is 0.586. The van der Waals surface area contributed by atoms with Gasteiger partial charge in [0.25, 0.3) is 0 Å². The zero-order chi connectivity index (χ0) is 12.4. The Labute approximate surface area is 119 Å². The van der Waals surface area contributed by atoms with Gasteiger partial charge < -0.3 is 10.5 Å². The van der Waals surface area contributed by atoms with Crippen LogP contribution in [0, 0.1) is 10.5 Å². The van der Waals surface area contributed by atoms with Crippen LogP contribution in [0.25, 0.3) is 0 Å². The van der Waals surface area contributed by atoms with Crippen LogP contribution >= 0.6 is 34.2 Å². The van der Waals surface area contributed by atoms with E-state index in [1.165, 1.54) is 0 Å². The quantitative estimate of drug-likeness (QED) is 0.627. The molecule has 0 saturated carbocycles. The van der Waals surface area contributed by atoms with E-state index in [1.807, 2.05) is 43.3 Å². The van der Waals surface area contributed by atoms with E-state index in [1.54, 1.807) is 0 Å². The molecule has 0 fully saturated rings. The molecule has 2 nitrogen and oxygen atoms in total. The van der Waals surface area contributed by atoms with Crippen molar-refractivity contribution in [3.8, 4) is 11.5 Å². The molecule has 0 heterocycles. The summed E-state index contributed by atoms with van der Waals surface area (Å²) in [7, 11) is 0. The minimum Gasteiger partial charge on any atom is -0.454 e. The number of rotatable bonds is 2. The van der Waals surface area contributed by atoms with Crippen LogP contribution in [0.1, 0.15) is 5.56 Å². The van der Waals surface area contributed by atoms with Crippen molar-refractivity contribution in [2.24, 2.45) is 0 Å². The zero-order valence-corrected chi connectivity index (χ0v) is 12.1. The third-order valence-electron chi connectivity index (χ3n) is 2.28. The van der Waals surface area contributed by atoms with Gasteiger partial charge >= 0.3 is 0 Å². The second-order valence-corrected chi connectivity index (χ2v) is 5.37. The van der Waals surface area contributed by atoms with E-state index in [9.17, 15) is 0 Å². The number of benzene rings is 2. The number of hydrogen-bond acceptors (Lipinski definition) is 2.